The van der Waals surface area contributed by atoms with E-state index >= 15 is 0 Å². The molecule has 1 fully saturated rings. The molecule has 3 aromatic rings. The Kier molecular flexibility index (Phi) is 6.67. The van der Waals surface area contributed by atoms with Crippen molar-refractivity contribution < 1.29 is 19.5 Å². The van der Waals surface area contributed by atoms with Gasteiger partial charge in [0.1, 0.15) is 6.10 Å². The molecule has 0 saturated heterocycles. The fraction of sp³-hybridized carbons (Fsp3) is 0.476. The van der Waals surface area contributed by atoms with E-state index in [2.05, 4.69) is 31.1 Å². The van der Waals surface area contributed by atoms with Gasteiger partial charge in [-0.3, -0.25) is 4.68 Å². The third-order valence-corrected chi connectivity index (χ3v) is 5.51. The highest BCUT2D eigenvalue weighted by molar-refractivity contribution is 5.90. The van der Waals surface area contributed by atoms with Crippen molar-refractivity contribution in [2.24, 2.45) is 5.92 Å². The minimum atomic E-state index is -1.08. The van der Waals surface area contributed by atoms with Gasteiger partial charge in [-0.25, -0.2) is 4.79 Å². The van der Waals surface area contributed by atoms with Gasteiger partial charge < -0.3 is 30.3 Å². The quantitative estimate of drug-likeness (QED) is 0.401. The summed E-state index contributed by atoms with van der Waals surface area (Å²) in [6, 6.07) is 5.95. The molecule has 4 atom stereocenters. The largest absolute Gasteiger partial charge is 0.390 e. The molecular formula is C21H28N8O4. The zero-order chi connectivity index (χ0) is 23.5. The number of nitrogens with zero attached hydrogens (tertiary/aromatic N) is 6. The van der Waals surface area contributed by atoms with Crippen LogP contribution in [-0.4, -0.2) is 78.6 Å². The summed E-state index contributed by atoms with van der Waals surface area (Å²) in [5.74, 6) is 0.601. The summed E-state index contributed by atoms with van der Waals surface area (Å²) < 4.78 is 6.66. The standard InChI is InChI=1S/C21H28N8O4/c1-12-22-20(26-33-12)13-5-4-6-15(7-13)23-21(32)24-17-8-14(18(30)19(17)31)9-29-11-16(25-27-29)10-28(2)3/h4-7,11,14,17-19,30-31H,8-10H2,1-3H3,(H2,23,24,32). The maximum Gasteiger partial charge on any atom is 0.319 e. The number of aryl methyl sites for hydroxylation is 1. The number of aliphatic hydroxyl groups is 2. The molecule has 0 spiro atoms. The monoisotopic (exact) mass is 456 g/mol. The van der Waals surface area contributed by atoms with Crippen molar-refractivity contribution >= 4 is 11.7 Å². The number of nitrogens with one attached hydrogen (secondary N) is 2. The number of aromatic nitrogens is 5. The Morgan fingerprint density at radius 2 is 2.12 bits per heavy atom. The molecule has 1 aliphatic rings. The lowest BCUT2D eigenvalue weighted by atomic mass is 10.1. The van der Waals surface area contributed by atoms with Crippen molar-refractivity contribution in [1.29, 1.82) is 0 Å². The van der Waals surface area contributed by atoms with Gasteiger partial charge in [0.25, 0.3) is 0 Å². The highest BCUT2D eigenvalue weighted by Gasteiger charge is 2.42. The summed E-state index contributed by atoms with van der Waals surface area (Å²) in [4.78, 5) is 18.7. The summed E-state index contributed by atoms with van der Waals surface area (Å²) >= 11 is 0. The van der Waals surface area contributed by atoms with E-state index in [1.807, 2.05) is 31.3 Å². The molecule has 12 heteroatoms. The first-order valence-electron chi connectivity index (χ1n) is 10.7. The van der Waals surface area contributed by atoms with Crippen LogP contribution in [0.15, 0.2) is 35.0 Å². The average Bonchev–Trinajstić information content (AvgIpc) is 3.45. The first kappa shape index (κ1) is 22.8. The number of urea groups is 1. The topological polar surface area (TPSA) is 154 Å². The highest BCUT2D eigenvalue weighted by Crippen LogP contribution is 2.28. The Labute approximate surface area is 190 Å². The molecule has 4 N–H and O–H groups in total. The second-order valence-corrected chi connectivity index (χ2v) is 8.57. The van der Waals surface area contributed by atoms with Crippen molar-refractivity contribution in [3.63, 3.8) is 0 Å². The predicted molar refractivity (Wildman–Crippen MR) is 118 cm³/mol. The van der Waals surface area contributed by atoms with Crippen molar-refractivity contribution in [1.82, 2.24) is 35.4 Å². The maximum atomic E-state index is 12.5. The van der Waals surface area contributed by atoms with E-state index in [0.717, 1.165) is 5.69 Å². The molecule has 1 aliphatic carbocycles. The zero-order valence-electron chi connectivity index (χ0n) is 18.7. The smallest absolute Gasteiger partial charge is 0.319 e. The number of benzene rings is 1. The van der Waals surface area contributed by atoms with Crippen LogP contribution >= 0.6 is 0 Å². The second-order valence-electron chi connectivity index (χ2n) is 8.57. The summed E-state index contributed by atoms with van der Waals surface area (Å²) in [6.45, 7) is 2.75. The SMILES string of the molecule is Cc1nc(-c2cccc(NC(=O)NC3CC(Cn4cc(CN(C)C)nn4)C(O)C3O)c2)no1. The second kappa shape index (κ2) is 9.65. The molecule has 0 aliphatic heterocycles. The van der Waals surface area contributed by atoms with Gasteiger partial charge >= 0.3 is 6.03 Å². The van der Waals surface area contributed by atoms with Crippen LogP contribution in [0.5, 0.6) is 0 Å². The number of hydrogen-bond donors (Lipinski definition) is 4. The Bertz CT molecular complexity index is 1100. The van der Waals surface area contributed by atoms with E-state index in [1.54, 1.807) is 29.8 Å². The predicted octanol–water partition coefficient (Wildman–Crippen LogP) is 0.630. The number of carbonyl (C=O) groups excluding carboxylic acids is 1. The fourth-order valence-corrected chi connectivity index (χ4v) is 4.00. The summed E-state index contributed by atoms with van der Waals surface area (Å²) in [5.41, 5.74) is 2.05. The molecule has 176 valence electrons. The number of aliphatic hydroxyl groups excluding tert-OH is 2. The molecule has 4 rings (SSSR count). The van der Waals surface area contributed by atoms with Crippen LogP contribution in [0.2, 0.25) is 0 Å². The summed E-state index contributed by atoms with van der Waals surface area (Å²) in [6.07, 6.45) is 0.159. The Morgan fingerprint density at radius 3 is 2.85 bits per heavy atom. The van der Waals surface area contributed by atoms with Crippen LogP contribution < -0.4 is 10.6 Å². The van der Waals surface area contributed by atoms with Crippen LogP contribution in [0.25, 0.3) is 11.4 Å². The first-order valence-corrected chi connectivity index (χ1v) is 10.7. The van der Waals surface area contributed by atoms with E-state index in [-0.39, 0.29) is 5.92 Å². The van der Waals surface area contributed by atoms with Gasteiger partial charge in [-0.15, -0.1) is 5.10 Å². The fourth-order valence-electron chi connectivity index (χ4n) is 4.00. The van der Waals surface area contributed by atoms with Gasteiger partial charge in [0.05, 0.1) is 17.8 Å². The Hall–Kier alpha value is -3.35. The summed E-state index contributed by atoms with van der Waals surface area (Å²) in [7, 11) is 3.89. The summed E-state index contributed by atoms with van der Waals surface area (Å²) in [5, 5.41) is 38.6. The molecule has 12 nitrogen and oxygen atoms in total. The first-order chi connectivity index (χ1) is 15.8. The maximum absolute atomic E-state index is 12.5. The molecule has 0 bridgehead atoms. The van der Waals surface area contributed by atoms with E-state index in [0.29, 0.717) is 42.5 Å². The molecule has 1 saturated carbocycles. The molecule has 0 radical (unpaired) electrons. The molecule has 1 aromatic carbocycles. The van der Waals surface area contributed by atoms with Gasteiger partial charge in [-0.1, -0.05) is 22.5 Å². The van der Waals surface area contributed by atoms with Gasteiger partial charge in [0, 0.05) is 43.4 Å². The van der Waals surface area contributed by atoms with Crippen LogP contribution in [0, 0.1) is 12.8 Å². The van der Waals surface area contributed by atoms with Crippen molar-refractivity contribution in [2.45, 2.75) is 44.7 Å². The van der Waals surface area contributed by atoms with Gasteiger partial charge in [-0.2, -0.15) is 4.98 Å². The lowest BCUT2D eigenvalue weighted by Gasteiger charge is -2.18. The van der Waals surface area contributed by atoms with Crippen molar-refractivity contribution in [3.8, 4) is 11.4 Å². The van der Waals surface area contributed by atoms with Gasteiger partial charge in [0.15, 0.2) is 0 Å². The molecule has 2 amide bonds. The van der Waals surface area contributed by atoms with Gasteiger partial charge in [-0.05, 0) is 32.6 Å². The normalized spacial score (nSPS) is 22.6. The third-order valence-electron chi connectivity index (χ3n) is 5.51. The number of carbonyl (C=O) groups is 1. The van der Waals surface area contributed by atoms with Crippen LogP contribution in [-0.2, 0) is 13.1 Å². The number of hydrogen-bond acceptors (Lipinski definition) is 9. The lowest BCUT2D eigenvalue weighted by Crippen LogP contribution is -2.44. The van der Waals surface area contributed by atoms with Gasteiger partial charge in [0.2, 0.25) is 11.7 Å². The molecule has 4 unspecified atom stereocenters. The van der Waals surface area contributed by atoms with E-state index in [4.69, 9.17) is 4.52 Å². The third kappa shape index (κ3) is 5.53. The van der Waals surface area contributed by atoms with E-state index < -0.39 is 24.3 Å². The molecule has 2 aromatic heterocycles. The van der Waals surface area contributed by atoms with Crippen LogP contribution in [0.3, 0.4) is 0 Å². The molecule has 2 heterocycles. The van der Waals surface area contributed by atoms with Crippen LogP contribution in [0.4, 0.5) is 10.5 Å². The van der Waals surface area contributed by atoms with Crippen molar-refractivity contribution in [3.05, 3.63) is 42.0 Å². The Morgan fingerprint density at radius 1 is 1.30 bits per heavy atom. The highest BCUT2D eigenvalue weighted by atomic mass is 16.5. The van der Waals surface area contributed by atoms with E-state index in [9.17, 15) is 15.0 Å². The number of amides is 2. The lowest BCUT2D eigenvalue weighted by molar-refractivity contribution is 0.00878. The zero-order valence-corrected chi connectivity index (χ0v) is 18.7. The number of rotatable bonds is 7. The number of anilines is 1. The van der Waals surface area contributed by atoms with E-state index in [1.165, 1.54) is 0 Å². The minimum absolute atomic E-state index is 0.274. The van der Waals surface area contributed by atoms with Crippen molar-refractivity contribution in [2.75, 3.05) is 19.4 Å². The van der Waals surface area contributed by atoms with Crippen LogP contribution in [0.1, 0.15) is 18.0 Å². The minimum Gasteiger partial charge on any atom is -0.390 e. The Balaban J connectivity index is 1.34. The molecule has 33 heavy (non-hydrogen) atoms. The average molecular weight is 457 g/mol. The molecular weight excluding hydrogens is 428 g/mol.